The molecule has 0 atom stereocenters. The van der Waals surface area contributed by atoms with E-state index in [1.807, 2.05) is 36.4 Å². The number of carbonyl (C=O) groups excluding carboxylic acids is 1. The maximum Gasteiger partial charge on any atom is 0.266 e. The number of nitrogens with one attached hydrogen (secondary N) is 1. The molecule has 122 valence electrons. The highest BCUT2D eigenvalue weighted by atomic mass is 79.9. The lowest BCUT2D eigenvalue weighted by Crippen LogP contribution is -2.13. The number of halogens is 1. The summed E-state index contributed by atoms with van der Waals surface area (Å²) in [5, 5.41) is 12.0. The molecule has 2 rings (SSSR count). The van der Waals surface area contributed by atoms with Crippen molar-refractivity contribution in [2.24, 2.45) is 0 Å². The minimum Gasteiger partial charge on any atom is -0.497 e. The average molecular weight is 385 g/mol. The van der Waals surface area contributed by atoms with Crippen LogP contribution in [0.25, 0.3) is 6.08 Å². The van der Waals surface area contributed by atoms with Crippen LogP contribution in [0.4, 0.5) is 5.69 Å². The molecule has 0 aliphatic carbocycles. The molecule has 0 saturated heterocycles. The quantitative estimate of drug-likeness (QED) is 0.606. The minimum atomic E-state index is -0.444. The highest BCUT2D eigenvalue weighted by Gasteiger charge is 2.10. The van der Waals surface area contributed by atoms with Gasteiger partial charge >= 0.3 is 0 Å². The first-order chi connectivity index (χ1) is 11.5. The molecular weight excluding hydrogens is 368 g/mol. The van der Waals surface area contributed by atoms with Crippen molar-refractivity contribution >= 4 is 33.6 Å². The molecule has 0 aliphatic rings. The molecule has 0 aromatic heterocycles. The second kappa shape index (κ2) is 8.32. The zero-order valence-electron chi connectivity index (χ0n) is 13.5. The lowest BCUT2D eigenvalue weighted by Gasteiger charge is -2.06. The highest BCUT2D eigenvalue weighted by molar-refractivity contribution is 9.10. The second-order valence-electron chi connectivity index (χ2n) is 5.10. The summed E-state index contributed by atoms with van der Waals surface area (Å²) in [4.78, 5) is 12.3. The van der Waals surface area contributed by atoms with Crippen molar-refractivity contribution in [1.29, 1.82) is 5.26 Å². The molecule has 0 aliphatic heterocycles. The number of carbonyl (C=O) groups is 1. The maximum atomic E-state index is 12.3. The standard InChI is InChI=1S/C19H17BrN2O2/c1-3-13-4-6-17(7-5-13)22-19(23)15(12-21)8-14-9-16(20)11-18(10-14)24-2/h4-11H,3H2,1-2H3,(H,22,23)/b15-8+. The van der Waals surface area contributed by atoms with Crippen LogP contribution in [0.1, 0.15) is 18.1 Å². The maximum absolute atomic E-state index is 12.3. The first-order valence-corrected chi connectivity index (χ1v) is 8.21. The van der Waals surface area contributed by atoms with Crippen molar-refractivity contribution in [2.75, 3.05) is 12.4 Å². The molecule has 24 heavy (non-hydrogen) atoms. The molecule has 2 aromatic carbocycles. The SMILES string of the molecule is CCc1ccc(NC(=O)/C(C#N)=C/c2cc(Br)cc(OC)c2)cc1. The van der Waals surface area contributed by atoms with E-state index < -0.39 is 5.91 Å². The molecule has 1 N–H and O–H groups in total. The molecular formula is C19H17BrN2O2. The van der Waals surface area contributed by atoms with E-state index >= 15 is 0 Å². The summed E-state index contributed by atoms with van der Waals surface area (Å²) in [6.07, 6.45) is 2.46. The number of amides is 1. The Hall–Kier alpha value is -2.58. The van der Waals surface area contributed by atoms with Crippen LogP contribution in [0.2, 0.25) is 0 Å². The van der Waals surface area contributed by atoms with Gasteiger partial charge < -0.3 is 10.1 Å². The van der Waals surface area contributed by atoms with Gasteiger partial charge in [-0.2, -0.15) is 5.26 Å². The van der Waals surface area contributed by atoms with Crippen molar-refractivity contribution in [3.8, 4) is 11.8 Å². The lowest BCUT2D eigenvalue weighted by atomic mass is 10.1. The number of anilines is 1. The van der Waals surface area contributed by atoms with Crippen LogP contribution in [-0.4, -0.2) is 13.0 Å². The Morgan fingerprint density at radius 3 is 2.58 bits per heavy atom. The van der Waals surface area contributed by atoms with E-state index in [-0.39, 0.29) is 5.57 Å². The van der Waals surface area contributed by atoms with Crippen LogP contribution in [0.15, 0.2) is 52.5 Å². The predicted octanol–water partition coefficient (Wildman–Crippen LogP) is 4.57. The Morgan fingerprint density at radius 2 is 2.00 bits per heavy atom. The van der Waals surface area contributed by atoms with Gasteiger partial charge in [0.2, 0.25) is 0 Å². The number of methoxy groups -OCH3 is 1. The van der Waals surface area contributed by atoms with E-state index in [4.69, 9.17) is 4.74 Å². The zero-order chi connectivity index (χ0) is 17.5. The van der Waals surface area contributed by atoms with Crippen LogP contribution in [0, 0.1) is 11.3 Å². The zero-order valence-corrected chi connectivity index (χ0v) is 15.1. The predicted molar refractivity (Wildman–Crippen MR) is 98.7 cm³/mol. The molecule has 0 saturated carbocycles. The van der Waals surface area contributed by atoms with Gasteiger partial charge in [0.15, 0.2) is 0 Å². The van der Waals surface area contributed by atoms with Crippen molar-refractivity contribution in [1.82, 2.24) is 0 Å². The fourth-order valence-electron chi connectivity index (χ4n) is 2.12. The van der Waals surface area contributed by atoms with Crippen LogP contribution >= 0.6 is 15.9 Å². The van der Waals surface area contributed by atoms with E-state index in [0.29, 0.717) is 17.0 Å². The summed E-state index contributed by atoms with van der Waals surface area (Å²) >= 11 is 3.38. The summed E-state index contributed by atoms with van der Waals surface area (Å²) in [5.74, 6) is 0.198. The average Bonchev–Trinajstić information content (AvgIpc) is 2.59. The Labute approximate surface area is 149 Å². The van der Waals surface area contributed by atoms with E-state index in [9.17, 15) is 10.1 Å². The normalized spacial score (nSPS) is 10.8. The molecule has 0 heterocycles. The van der Waals surface area contributed by atoms with E-state index in [1.54, 1.807) is 19.2 Å². The Kier molecular flexibility index (Phi) is 6.16. The van der Waals surface area contributed by atoms with E-state index in [1.165, 1.54) is 11.6 Å². The Bertz CT molecular complexity index is 805. The highest BCUT2D eigenvalue weighted by Crippen LogP contribution is 2.23. The van der Waals surface area contributed by atoms with Crippen LogP contribution in [0.5, 0.6) is 5.75 Å². The van der Waals surface area contributed by atoms with Gasteiger partial charge in [-0.15, -0.1) is 0 Å². The molecule has 1 amide bonds. The largest absolute Gasteiger partial charge is 0.497 e. The van der Waals surface area contributed by atoms with Crippen LogP contribution in [-0.2, 0) is 11.2 Å². The third-order valence-electron chi connectivity index (χ3n) is 3.43. The molecule has 2 aromatic rings. The molecule has 0 fully saturated rings. The molecule has 0 radical (unpaired) electrons. The van der Waals surface area contributed by atoms with Gasteiger partial charge in [0, 0.05) is 10.2 Å². The van der Waals surface area contributed by atoms with Crippen molar-refractivity contribution in [3.05, 3.63) is 63.6 Å². The number of hydrogen-bond acceptors (Lipinski definition) is 3. The molecule has 0 spiro atoms. The molecule has 0 unspecified atom stereocenters. The van der Waals surface area contributed by atoms with Crippen LogP contribution < -0.4 is 10.1 Å². The number of ether oxygens (including phenoxy) is 1. The fourth-order valence-corrected chi connectivity index (χ4v) is 2.61. The topological polar surface area (TPSA) is 62.1 Å². The van der Waals surface area contributed by atoms with Gasteiger partial charge in [-0.3, -0.25) is 4.79 Å². The van der Waals surface area contributed by atoms with Crippen LogP contribution in [0.3, 0.4) is 0 Å². The number of nitrogens with zero attached hydrogens (tertiary/aromatic N) is 1. The Balaban J connectivity index is 2.22. The summed E-state index contributed by atoms with van der Waals surface area (Å²) in [6.45, 7) is 2.07. The molecule has 5 heteroatoms. The first kappa shape index (κ1) is 17.8. The van der Waals surface area contributed by atoms with Gasteiger partial charge in [-0.05, 0) is 54.0 Å². The van der Waals surface area contributed by atoms with Gasteiger partial charge in [0.1, 0.15) is 17.4 Å². The van der Waals surface area contributed by atoms with Gasteiger partial charge in [0.05, 0.1) is 7.11 Å². The number of benzene rings is 2. The van der Waals surface area contributed by atoms with Crippen molar-refractivity contribution in [2.45, 2.75) is 13.3 Å². The smallest absolute Gasteiger partial charge is 0.266 e. The number of nitriles is 1. The van der Waals surface area contributed by atoms with E-state index in [0.717, 1.165) is 10.9 Å². The third-order valence-corrected chi connectivity index (χ3v) is 3.88. The van der Waals surface area contributed by atoms with E-state index in [2.05, 4.69) is 28.2 Å². The monoisotopic (exact) mass is 384 g/mol. The fraction of sp³-hybridized carbons (Fsp3) is 0.158. The summed E-state index contributed by atoms with van der Waals surface area (Å²) < 4.78 is 5.99. The van der Waals surface area contributed by atoms with Gasteiger partial charge in [-0.1, -0.05) is 35.0 Å². The summed E-state index contributed by atoms with van der Waals surface area (Å²) in [6, 6.07) is 14.9. The number of aryl methyl sites for hydroxylation is 1. The third kappa shape index (κ3) is 4.71. The lowest BCUT2D eigenvalue weighted by molar-refractivity contribution is -0.112. The molecule has 4 nitrogen and oxygen atoms in total. The number of rotatable bonds is 5. The Morgan fingerprint density at radius 1 is 1.29 bits per heavy atom. The van der Waals surface area contributed by atoms with Crippen molar-refractivity contribution in [3.63, 3.8) is 0 Å². The number of hydrogen-bond donors (Lipinski definition) is 1. The second-order valence-corrected chi connectivity index (χ2v) is 6.01. The van der Waals surface area contributed by atoms with Gasteiger partial charge in [0.25, 0.3) is 5.91 Å². The minimum absolute atomic E-state index is 0.0229. The first-order valence-electron chi connectivity index (χ1n) is 7.42. The van der Waals surface area contributed by atoms with Gasteiger partial charge in [-0.25, -0.2) is 0 Å². The van der Waals surface area contributed by atoms with Crippen molar-refractivity contribution < 1.29 is 9.53 Å². The summed E-state index contributed by atoms with van der Waals surface area (Å²) in [7, 11) is 1.56. The summed E-state index contributed by atoms with van der Waals surface area (Å²) in [5.41, 5.74) is 2.57. The molecule has 0 bridgehead atoms.